The first-order valence-electron chi connectivity index (χ1n) is 12.8. The van der Waals surface area contributed by atoms with Gasteiger partial charge in [-0.3, -0.25) is 15.0 Å². The molecule has 0 aliphatic heterocycles. The van der Waals surface area contributed by atoms with E-state index >= 15 is 0 Å². The molecule has 180 valence electrons. The summed E-state index contributed by atoms with van der Waals surface area (Å²) in [7, 11) is 0. The Hall–Kier alpha value is -1.10. The number of hydrogen-bond donors (Lipinski definition) is 2. The van der Waals surface area contributed by atoms with E-state index < -0.39 is 5.97 Å². The molecule has 0 unspecified atom stereocenters. The number of hydrazine groups is 1. The predicted octanol–water partition coefficient (Wildman–Crippen LogP) is 7.10. The van der Waals surface area contributed by atoms with Gasteiger partial charge in [-0.25, -0.2) is 5.01 Å². The van der Waals surface area contributed by atoms with Crippen molar-refractivity contribution in [1.82, 2.24) is 10.4 Å². The van der Waals surface area contributed by atoms with Crippen molar-refractivity contribution in [3.05, 3.63) is 0 Å². The average Bonchev–Trinajstić information content (AvgIpc) is 2.74. The second-order valence-electron chi connectivity index (χ2n) is 8.15. The molecule has 0 bridgehead atoms. The lowest BCUT2D eigenvalue weighted by Crippen LogP contribution is -2.41. The molecule has 5 heteroatoms. The van der Waals surface area contributed by atoms with Gasteiger partial charge < -0.3 is 5.11 Å². The molecule has 0 spiro atoms. The summed E-state index contributed by atoms with van der Waals surface area (Å²) in [6, 6.07) is 0. The number of carbonyl (C=O) groups is 2. The Balaban J connectivity index is 0. The van der Waals surface area contributed by atoms with E-state index in [1.54, 1.807) is 0 Å². The van der Waals surface area contributed by atoms with E-state index in [1.165, 1.54) is 83.5 Å². The van der Waals surface area contributed by atoms with Crippen molar-refractivity contribution < 1.29 is 14.7 Å². The summed E-state index contributed by atoms with van der Waals surface area (Å²) >= 11 is 0. The molecule has 30 heavy (non-hydrogen) atoms. The quantitative estimate of drug-likeness (QED) is 0.160. The van der Waals surface area contributed by atoms with Gasteiger partial charge in [0.05, 0.1) is 0 Å². The second-order valence-corrected chi connectivity index (χ2v) is 8.15. The van der Waals surface area contributed by atoms with E-state index in [0.717, 1.165) is 25.9 Å². The third-order valence-corrected chi connectivity index (χ3v) is 5.36. The van der Waals surface area contributed by atoms with E-state index in [9.17, 15) is 9.59 Å². The van der Waals surface area contributed by atoms with Crippen LogP contribution in [0.3, 0.4) is 0 Å². The maximum Gasteiger partial charge on any atom is 0.303 e. The van der Waals surface area contributed by atoms with Gasteiger partial charge in [0, 0.05) is 25.9 Å². The first-order valence-corrected chi connectivity index (χ1v) is 12.8. The Morgan fingerprint density at radius 1 is 0.633 bits per heavy atom. The number of unbranched alkanes of at least 4 members (excludes halogenated alkanes) is 14. The molecule has 0 aliphatic rings. The average molecular weight is 429 g/mol. The molecule has 0 aromatic heterocycles. The van der Waals surface area contributed by atoms with Crippen LogP contribution in [0.2, 0.25) is 0 Å². The Kier molecular flexibility index (Phi) is 26.9. The minimum Gasteiger partial charge on any atom is -0.481 e. The Bertz CT molecular complexity index is 371. The fraction of sp³-hybridized carbons (Fsp3) is 0.920. The van der Waals surface area contributed by atoms with E-state index in [0.29, 0.717) is 12.8 Å². The summed E-state index contributed by atoms with van der Waals surface area (Å²) in [5.74, 6) is -0.566. The third-order valence-electron chi connectivity index (χ3n) is 5.36. The number of nitrogens with zero attached hydrogens (tertiary/aromatic N) is 1. The molecule has 5 nitrogen and oxygen atoms in total. The van der Waals surface area contributed by atoms with Crippen LogP contribution in [0.25, 0.3) is 0 Å². The summed E-state index contributed by atoms with van der Waals surface area (Å²) in [5, 5.41) is 10.4. The van der Waals surface area contributed by atoms with Gasteiger partial charge in [-0.15, -0.1) is 0 Å². The van der Waals surface area contributed by atoms with Gasteiger partial charge in [0.25, 0.3) is 0 Å². The van der Waals surface area contributed by atoms with Gasteiger partial charge >= 0.3 is 5.97 Å². The van der Waals surface area contributed by atoms with Crippen molar-refractivity contribution in [2.45, 2.75) is 137 Å². The highest BCUT2D eigenvalue weighted by Crippen LogP contribution is 2.13. The number of aliphatic carboxylic acids is 1. The van der Waals surface area contributed by atoms with Crippen LogP contribution < -0.4 is 5.43 Å². The molecule has 2 N–H and O–H groups in total. The van der Waals surface area contributed by atoms with Crippen LogP contribution in [0.5, 0.6) is 0 Å². The fourth-order valence-corrected chi connectivity index (χ4v) is 3.28. The summed E-state index contributed by atoms with van der Waals surface area (Å²) in [6.07, 6.45) is 20.8. The van der Waals surface area contributed by atoms with Gasteiger partial charge in [0.2, 0.25) is 5.91 Å². The van der Waals surface area contributed by atoms with E-state index in [2.05, 4.69) is 12.3 Å². The molecule has 0 atom stereocenters. The minimum absolute atomic E-state index is 0.0868. The first-order chi connectivity index (χ1) is 14.5. The van der Waals surface area contributed by atoms with Crippen LogP contribution >= 0.6 is 0 Å². The van der Waals surface area contributed by atoms with E-state index in [4.69, 9.17) is 5.11 Å². The Morgan fingerprint density at radius 2 is 1.00 bits per heavy atom. The normalized spacial score (nSPS) is 10.6. The summed E-state index contributed by atoms with van der Waals surface area (Å²) in [4.78, 5) is 21.1. The van der Waals surface area contributed by atoms with Gasteiger partial charge in [0.15, 0.2) is 0 Å². The molecule has 0 heterocycles. The first kappa shape index (κ1) is 31.1. The lowest BCUT2D eigenvalue weighted by molar-refractivity contribution is -0.137. The van der Waals surface area contributed by atoms with Crippen molar-refractivity contribution in [2.24, 2.45) is 0 Å². The monoisotopic (exact) mass is 428 g/mol. The van der Waals surface area contributed by atoms with Gasteiger partial charge in [-0.2, -0.15) is 0 Å². The molecule has 0 aromatic rings. The minimum atomic E-state index is -0.653. The maximum absolute atomic E-state index is 10.8. The number of nitrogens with one attached hydrogen (secondary N) is 1. The van der Waals surface area contributed by atoms with Crippen molar-refractivity contribution in [1.29, 1.82) is 0 Å². The molecule has 0 aliphatic carbocycles. The predicted molar refractivity (Wildman–Crippen MR) is 129 cm³/mol. The Morgan fingerprint density at radius 3 is 1.30 bits per heavy atom. The van der Waals surface area contributed by atoms with Crippen LogP contribution in [-0.2, 0) is 9.59 Å². The number of carbonyl (C=O) groups excluding carboxylic acids is 1. The van der Waals surface area contributed by atoms with Crippen molar-refractivity contribution >= 4 is 11.9 Å². The molecule has 0 saturated heterocycles. The lowest BCUT2D eigenvalue weighted by atomic mass is 10.0. The molecule has 0 fully saturated rings. The Labute approximate surface area is 187 Å². The van der Waals surface area contributed by atoms with E-state index in [1.807, 2.05) is 25.8 Å². The molecule has 0 rings (SSSR count). The van der Waals surface area contributed by atoms with Crippen LogP contribution in [0.1, 0.15) is 137 Å². The van der Waals surface area contributed by atoms with Gasteiger partial charge in [0.1, 0.15) is 0 Å². The highest BCUT2D eigenvalue weighted by atomic mass is 16.4. The highest BCUT2D eigenvalue weighted by Gasteiger charge is 2.01. The zero-order valence-corrected chi connectivity index (χ0v) is 20.6. The molecular weight excluding hydrogens is 376 g/mol. The standard InChI is InChI=1S/C18H36O2.C7H16N2O/c1-2-3-4-5-6-7-8-9-10-11-12-13-14-15-16-17-18(19)20;1-4-7(10)8-9(5-2)6-3/h2-17H2,1H3,(H,19,20);4-6H2,1-3H3,(H,8,10). The van der Waals surface area contributed by atoms with Gasteiger partial charge in [-0.1, -0.05) is 118 Å². The molecule has 1 amide bonds. The third kappa shape index (κ3) is 26.9. The SMILES string of the molecule is CCC(=O)NN(CC)CC.CCCCCCCCCCCCCCCCCC(=O)O. The highest BCUT2D eigenvalue weighted by molar-refractivity contribution is 5.74. The fourth-order valence-electron chi connectivity index (χ4n) is 3.28. The lowest BCUT2D eigenvalue weighted by Gasteiger charge is -2.18. The number of rotatable bonds is 20. The van der Waals surface area contributed by atoms with Crippen LogP contribution in [0, 0.1) is 0 Å². The van der Waals surface area contributed by atoms with Crippen molar-refractivity contribution in [2.75, 3.05) is 13.1 Å². The summed E-state index contributed by atoms with van der Waals surface area (Å²) < 4.78 is 0. The maximum atomic E-state index is 10.8. The molecule has 0 saturated carbocycles. The van der Waals surface area contributed by atoms with Crippen LogP contribution in [0.15, 0.2) is 0 Å². The number of carboxylic acid groups (broad SMARTS) is 1. The number of carboxylic acids is 1. The van der Waals surface area contributed by atoms with Crippen molar-refractivity contribution in [3.63, 3.8) is 0 Å². The topological polar surface area (TPSA) is 69.6 Å². The van der Waals surface area contributed by atoms with Crippen LogP contribution in [-0.4, -0.2) is 35.1 Å². The molecule has 0 radical (unpaired) electrons. The van der Waals surface area contributed by atoms with Crippen molar-refractivity contribution in [3.8, 4) is 0 Å². The number of hydrogen-bond acceptors (Lipinski definition) is 3. The van der Waals surface area contributed by atoms with Crippen LogP contribution in [0.4, 0.5) is 0 Å². The molecular formula is C25H52N2O3. The molecule has 0 aromatic carbocycles. The zero-order chi connectivity index (χ0) is 22.9. The smallest absolute Gasteiger partial charge is 0.303 e. The largest absolute Gasteiger partial charge is 0.481 e. The second kappa shape index (κ2) is 25.9. The zero-order valence-electron chi connectivity index (χ0n) is 20.6. The number of amides is 1. The summed E-state index contributed by atoms with van der Waals surface area (Å²) in [6.45, 7) is 9.87. The summed E-state index contributed by atoms with van der Waals surface area (Å²) in [5.41, 5.74) is 2.76. The van der Waals surface area contributed by atoms with Gasteiger partial charge in [-0.05, 0) is 6.42 Å². The van der Waals surface area contributed by atoms with E-state index in [-0.39, 0.29) is 5.91 Å².